The van der Waals surface area contributed by atoms with E-state index in [9.17, 15) is 0 Å². The third kappa shape index (κ3) is 7.72. The summed E-state index contributed by atoms with van der Waals surface area (Å²) in [6.45, 7) is 0. The molecule has 8 aromatic rings. The van der Waals surface area contributed by atoms with Gasteiger partial charge in [-0.15, -0.1) is 0 Å². The van der Waals surface area contributed by atoms with Crippen LogP contribution in [0.15, 0.2) is 194 Å². The standard InChI is InChI=1S/2C24H16BF4.Mg/c2*26-21-13-5-1-9-17(21)25(18-10-2-6-14-22(18)27,19-11-3-7-15-23(19)28)20-12-4-8-16-24(20)29;/h2*1-16H;/q2*-1;+2. The van der Waals surface area contributed by atoms with E-state index in [-0.39, 0.29) is 66.8 Å². The Labute approximate surface area is 353 Å². The summed E-state index contributed by atoms with van der Waals surface area (Å²) in [7, 11) is 0. The molecule has 0 N–H and O–H groups in total. The molecule has 0 spiro atoms. The first-order chi connectivity index (χ1) is 28.1. The van der Waals surface area contributed by atoms with E-state index < -0.39 is 58.8 Å². The van der Waals surface area contributed by atoms with Gasteiger partial charge in [0.05, 0.1) is 46.5 Å². The maximum Gasteiger partial charge on any atom is 2.00 e. The maximum absolute atomic E-state index is 15.2. The molecule has 0 fully saturated rings. The second kappa shape index (κ2) is 18.3. The van der Waals surface area contributed by atoms with Crippen LogP contribution in [0.4, 0.5) is 35.1 Å². The molecule has 8 aromatic carbocycles. The molecule has 0 amide bonds. The van der Waals surface area contributed by atoms with Crippen molar-refractivity contribution in [3.05, 3.63) is 241 Å². The molecule has 0 unspecified atom stereocenters. The minimum Gasteiger partial charge on any atom is -0.210 e. The van der Waals surface area contributed by atoms with Gasteiger partial charge in [-0.1, -0.05) is 146 Å². The molecule has 0 aromatic heterocycles. The smallest absolute Gasteiger partial charge is 0.210 e. The third-order valence-corrected chi connectivity index (χ3v) is 11.0. The van der Waals surface area contributed by atoms with Crippen molar-refractivity contribution in [2.24, 2.45) is 0 Å². The van der Waals surface area contributed by atoms with E-state index in [2.05, 4.69) is 0 Å². The summed E-state index contributed by atoms with van der Waals surface area (Å²) < 4.78 is 121. The van der Waals surface area contributed by atoms with Crippen LogP contribution in [-0.2, 0) is 0 Å². The fraction of sp³-hybridized carbons (Fsp3) is 0. The summed E-state index contributed by atoms with van der Waals surface area (Å²) in [6, 6.07) is 46.0. The zero-order valence-corrected chi connectivity index (χ0v) is 32.8. The second-order valence-electron chi connectivity index (χ2n) is 13.9. The van der Waals surface area contributed by atoms with Crippen molar-refractivity contribution in [2.75, 3.05) is 0 Å². The van der Waals surface area contributed by atoms with Gasteiger partial charge in [-0.05, 0) is 48.5 Å². The van der Waals surface area contributed by atoms with Crippen molar-refractivity contribution in [2.45, 2.75) is 0 Å². The quantitative estimate of drug-likeness (QED) is 0.116. The van der Waals surface area contributed by atoms with E-state index in [0.29, 0.717) is 0 Å². The maximum atomic E-state index is 15.2. The summed E-state index contributed by atoms with van der Waals surface area (Å²) in [4.78, 5) is 0. The Hall–Kier alpha value is -5.90. The molecule has 0 heterocycles. The van der Waals surface area contributed by atoms with Crippen molar-refractivity contribution in [1.29, 1.82) is 0 Å². The predicted octanol–water partition coefficient (Wildman–Crippen LogP) is 6.86. The van der Waals surface area contributed by atoms with Crippen LogP contribution in [0.1, 0.15) is 0 Å². The van der Waals surface area contributed by atoms with Gasteiger partial charge in [0.25, 0.3) is 0 Å². The minimum absolute atomic E-state index is 0. The van der Waals surface area contributed by atoms with Crippen LogP contribution in [0.25, 0.3) is 0 Å². The zero-order chi connectivity index (χ0) is 40.9. The monoisotopic (exact) mass is 806 g/mol. The number of hydrogen-bond donors (Lipinski definition) is 0. The van der Waals surface area contributed by atoms with Gasteiger partial charge in [0.2, 0.25) is 0 Å². The first-order valence-corrected chi connectivity index (χ1v) is 18.4. The molecule has 11 heteroatoms. The first kappa shape index (κ1) is 42.7. The molecule has 0 saturated heterocycles. The molecule has 0 bridgehead atoms. The molecule has 0 aliphatic rings. The number of halogens is 8. The summed E-state index contributed by atoms with van der Waals surface area (Å²) in [5.74, 6) is -5.32. The van der Waals surface area contributed by atoms with Crippen LogP contribution >= 0.6 is 0 Å². The van der Waals surface area contributed by atoms with E-state index >= 15 is 35.1 Å². The average Bonchev–Trinajstić information content (AvgIpc) is 3.23. The topological polar surface area (TPSA) is 0 Å². The number of benzene rings is 8. The Morgan fingerprint density at radius 1 is 0.186 bits per heavy atom. The number of rotatable bonds is 8. The van der Waals surface area contributed by atoms with Crippen LogP contribution in [0.3, 0.4) is 0 Å². The Balaban J connectivity index is 0.000000195. The Bertz CT molecular complexity index is 2160. The van der Waals surface area contributed by atoms with E-state index in [4.69, 9.17) is 0 Å². The molecule has 288 valence electrons. The Morgan fingerprint density at radius 3 is 0.390 bits per heavy atom. The number of hydrogen-bond acceptors (Lipinski definition) is 0. The van der Waals surface area contributed by atoms with Gasteiger partial charge in [0.15, 0.2) is 0 Å². The van der Waals surface area contributed by atoms with Crippen molar-refractivity contribution in [3.8, 4) is 0 Å². The summed E-state index contributed by atoms with van der Waals surface area (Å²) in [5, 5.41) is 0. The second-order valence-corrected chi connectivity index (χ2v) is 13.9. The average molecular weight is 807 g/mol. The zero-order valence-electron chi connectivity index (χ0n) is 31.4. The van der Waals surface area contributed by atoms with Crippen LogP contribution < -0.4 is 43.7 Å². The van der Waals surface area contributed by atoms with E-state index in [1.54, 1.807) is 48.5 Å². The Morgan fingerprint density at radius 2 is 0.288 bits per heavy atom. The fourth-order valence-corrected chi connectivity index (χ4v) is 8.62. The first-order valence-electron chi connectivity index (χ1n) is 18.4. The van der Waals surface area contributed by atoms with Crippen molar-refractivity contribution >= 4 is 79.0 Å². The molecule has 0 atom stereocenters. The van der Waals surface area contributed by atoms with E-state index in [0.717, 1.165) is 0 Å². The normalized spacial score (nSPS) is 11.3. The van der Waals surface area contributed by atoms with Crippen LogP contribution in [-0.4, -0.2) is 35.3 Å². The van der Waals surface area contributed by atoms with Gasteiger partial charge in [0, 0.05) is 0 Å². The van der Waals surface area contributed by atoms with Crippen molar-refractivity contribution in [3.63, 3.8) is 0 Å². The molecule has 0 radical (unpaired) electrons. The predicted molar refractivity (Wildman–Crippen MR) is 226 cm³/mol. The summed E-state index contributed by atoms with van der Waals surface area (Å²) >= 11 is 0. The molecule has 59 heavy (non-hydrogen) atoms. The van der Waals surface area contributed by atoms with Gasteiger partial charge in [0.1, 0.15) is 12.3 Å². The molecular weight excluding hydrogens is 774 g/mol. The van der Waals surface area contributed by atoms with Gasteiger partial charge in [-0.25, -0.2) is 35.1 Å². The van der Waals surface area contributed by atoms with Crippen LogP contribution in [0, 0.1) is 46.5 Å². The van der Waals surface area contributed by atoms with Crippen molar-refractivity contribution in [1.82, 2.24) is 0 Å². The van der Waals surface area contributed by atoms with Gasteiger partial charge in [-0.3, -0.25) is 0 Å². The van der Waals surface area contributed by atoms with Crippen LogP contribution in [0.5, 0.6) is 0 Å². The van der Waals surface area contributed by atoms with Gasteiger partial charge >= 0.3 is 23.1 Å². The molecule has 0 nitrogen and oxygen atoms in total. The van der Waals surface area contributed by atoms with Crippen molar-refractivity contribution < 1.29 is 35.1 Å². The van der Waals surface area contributed by atoms with E-state index in [1.807, 2.05) is 0 Å². The van der Waals surface area contributed by atoms with Crippen LogP contribution in [0.2, 0.25) is 0 Å². The largest absolute Gasteiger partial charge is 2.00 e. The fourth-order valence-electron chi connectivity index (χ4n) is 8.62. The molecule has 8 rings (SSSR count). The summed E-state index contributed by atoms with van der Waals surface area (Å²) in [6.07, 6.45) is -5.63. The molecule has 0 aliphatic heterocycles. The Kier molecular flexibility index (Phi) is 13.3. The van der Waals surface area contributed by atoms with E-state index in [1.165, 1.54) is 146 Å². The van der Waals surface area contributed by atoms with Gasteiger partial charge < -0.3 is 0 Å². The summed E-state index contributed by atoms with van der Waals surface area (Å²) in [5.41, 5.74) is 0.169. The SMILES string of the molecule is Fc1ccccc1[B-](c1ccccc1F)(c1ccccc1F)c1ccccc1F.Fc1ccccc1[B-](c1ccccc1F)(c1ccccc1F)c1ccccc1F.[Mg+2]. The van der Waals surface area contributed by atoms with Gasteiger partial charge in [-0.2, -0.15) is 43.7 Å². The molecular formula is C48H32B2F8Mg. The minimum atomic E-state index is -2.82. The molecule has 0 aliphatic carbocycles. The third-order valence-electron chi connectivity index (χ3n) is 11.0. The molecule has 0 saturated carbocycles.